The van der Waals surface area contributed by atoms with E-state index >= 15 is 0 Å². The lowest BCUT2D eigenvalue weighted by Gasteiger charge is -2.44. The summed E-state index contributed by atoms with van der Waals surface area (Å²) in [7, 11) is 0. The second-order valence-electron chi connectivity index (χ2n) is 15.4. The van der Waals surface area contributed by atoms with Crippen molar-refractivity contribution in [3.63, 3.8) is 0 Å². The SMILES string of the molecule is CC1(C)c2ccccc2N(c2ccc3c(c2)N(c2ccccc2)c2ccc(-c4ccc5oc6ccccc6c(=O)c5c4)cc2C3(C)C)c2ccccc21. The van der Waals surface area contributed by atoms with E-state index < -0.39 is 0 Å². The van der Waals surface area contributed by atoms with E-state index in [9.17, 15) is 4.79 Å². The maximum absolute atomic E-state index is 13.6. The van der Waals surface area contributed by atoms with Crippen LogP contribution in [0.4, 0.5) is 34.1 Å². The first-order valence-electron chi connectivity index (χ1n) is 18.3. The number of benzene rings is 7. The molecule has 256 valence electrons. The highest BCUT2D eigenvalue weighted by Gasteiger charge is 2.40. The van der Waals surface area contributed by atoms with Crippen molar-refractivity contribution in [2.45, 2.75) is 38.5 Å². The Hall–Kier alpha value is -6.39. The molecule has 1 aromatic heterocycles. The van der Waals surface area contributed by atoms with Gasteiger partial charge in [-0.1, -0.05) is 113 Å². The highest BCUT2D eigenvalue weighted by Crippen LogP contribution is 2.56. The van der Waals surface area contributed by atoms with Crippen molar-refractivity contribution in [2.24, 2.45) is 0 Å². The Morgan fingerprint density at radius 2 is 0.962 bits per heavy atom. The average molecular weight is 687 g/mol. The van der Waals surface area contributed by atoms with Gasteiger partial charge in [-0.15, -0.1) is 0 Å². The molecule has 2 aliphatic rings. The monoisotopic (exact) mass is 686 g/mol. The van der Waals surface area contributed by atoms with Crippen molar-refractivity contribution in [3.8, 4) is 11.1 Å². The predicted molar refractivity (Wildman–Crippen MR) is 219 cm³/mol. The smallest absolute Gasteiger partial charge is 0.200 e. The van der Waals surface area contributed by atoms with Gasteiger partial charge in [0.25, 0.3) is 0 Å². The third-order valence-electron chi connectivity index (χ3n) is 11.6. The van der Waals surface area contributed by atoms with Gasteiger partial charge in [-0.2, -0.15) is 0 Å². The Bertz CT molecular complexity index is 2780. The van der Waals surface area contributed by atoms with Crippen LogP contribution in [-0.2, 0) is 10.8 Å². The van der Waals surface area contributed by atoms with Gasteiger partial charge in [-0.05, 0) is 106 Å². The van der Waals surface area contributed by atoms with Crippen LogP contribution in [-0.4, -0.2) is 0 Å². The van der Waals surface area contributed by atoms with E-state index in [-0.39, 0.29) is 16.3 Å². The first-order chi connectivity index (χ1) is 25.7. The second-order valence-corrected chi connectivity index (χ2v) is 15.4. The summed E-state index contributed by atoms with van der Waals surface area (Å²) in [5.41, 5.74) is 14.8. The van der Waals surface area contributed by atoms with Crippen molar-refractivity contribution < 1.29 is 4.42 Å². The molecule has 10 rings (SSSR count). The van der Waals surface area contributed by atoms with Gasteiger partial charge in [0.1, 0.15) is 11.2 Å². The predicted octanol–water partition coefficient (Wildman–Crippen LogP) is 12.8. The number of anilines is 6. The maximum atomic E-state index is 13.6. The Morgan fingerprint density at radius 3 is 1.72 bits per heavy atom. The number of nitrogens with zero attached hydrogens (tertiary/aromatic N) is 2. The van der Waals surface area contributed by atoms with Gasteiger partial charge in [-0.3, -0.25) is 4.79 Å². The van der Waals surface area contributed by atoms with Crippen LogP contribution >= 0.6 is 0 Å². The summed E-state index contributed by atoms with van der Waals surface area (Å²) in [5, 5.41) is 1.18. The summed E-state index contributed by atoms with van der Waals surface area (Å²) < 4.78 is 6.14. The van der Waals surface area contributed by atoms with Crippen molar-refractivity contribution in [1.29, 1.82) is 0 Å². The van der Waals surface area contributed by atoms with Crippen LogP contribution in [0.15, 0.2) is 167 Å². The van der Waals surface area contributed by atoms with E-state index in [1.54, 1.807) is 0 Å². The molecule has 0 fully saturated rings. The molecule has 53 heavy (non-hydrogen) atoms. The van der Waals surface area contributed by atoms with E-state index in [2.05, 4.69) is 159 Å². The first-order valence-corrected chi connectivity index (χ1v) is 18.3. The number of hydrogen-bond acceptors (Lipinski definition) is 4. The fraction of sp³-hybridized carbons (Fsp3) is 0.122. The van der Waals surface area contributed by atoms with Gasteiger partial charge < -0.3 is 14.2 Å². The number of para-hydroxylation sites is 4. The zero-order valence-electron chi connectivity index (χ0n) is 30.2. The van der Waals surface area contributed by atoms with Crippen molar-refractivity contribution in [3.05, 3.63) is 190 Å². The molecule has 0 amide bonds. The molecule has 0 saturated carbocycles. The van der Waals surface area contributed by atoms with Crippen LogP contribution in [0, 0.1) is 0 Å². The molecular weight excluding hydrogens is 649 g/mol. The molecule has 7 aromatic carbocycles. The Balaban J connectivity index is 1.15. The van der Waals surface area contributed by atoms with Crippen LogP contribution < -0.4 is 15.2 Å². The third-order valence-corrected chi connectivity index (χ3v) is 11.6. The molecule has 4 nitrogen and oxygen atoms in total. The number of rotatable bonds is 3. The molecule has 2 aliphatic heterocycles. The van der Waals surface area contributed by atoms with Gasteiger partial charge in [0, 0.05) is 22.2 Å². The molecule has 0 unspecified atom stereocenters. The summed E-state index contributed by atoms with van der Waals surface area (Å²) >= 11 is 0. The van der Waals surface area contributed by atoms with Crippen molar-refractivity contribution in [1.82, 2.24) is 0 Å². The molecule has 0 radical (unpaired) electrons. The van der Waals surface area contributed by atoms with Gasteiger partial charge >= 0.3 is 0 Å². The molecule has 0 bridgehead atoms. The Kier molecular flexibility index (Phi) is 6.69. The summed E-state index contributed by atoms with van der Waals surface area (Å²) in [6, 6.07) is 55.5. The second kappa shape index (κ2) is 11.3. The zero-order valence-corrected chi connectivity index (χ0v) is 30.2. The van der Waals surface area contributed by atoms with Crippen molar-refractivity contribution in [2.75, 3.05) is 9.80 Å². The maximum Gasteiger partial charge on any atom is 0.200 e. The summed E-state index contributed by atoms with van der Waals surface area (Å²) in [4.78, 5) is 18.4. The van der Waals surface area contributed by atoms with E-state index in [0.29, 0.717) is 21.9 Å². The van der Waals surface area contributed by atoms with Gasteiger partial charge in [0.2, 0.25) is 5.43 Å². The molecule has 4 heteroatoms. The Labute approximate surface area is 309 Å². The lowest BCUT2D eigenvalue weighted by atomic mass is 9.72. The molecule has 0 saturated heterocycles. The van der Waals surface area contributed by atoms with E-state index in [0.717, 1.165) is 33.9 Å². The van der Waals surface area contributed by atoms with Gasteiger partial charge in [-0.25, -0.2) is 0 Å². The van der Waals surface area contributed by atoms with Crippen molar-refractivity contribution >= 4 is 56.1 Å². The summed E-state index contributed by atoms with van der Waals surface area (Å²) in [5.74, 6) is 0. The lowest BCUT2D eigenvalue weighted by Crippen LogP contribution is -2.32. The third kappa shape index (κ3) is 4.58. The van der Waals surface area contributed by atoms with Crippen LogP contribution in [0.25, 0.3) is 33.1 Å². The molecule has 0 atom stereocenters. The van der Waals surface area contributed by atoms with Crippen LogP contribution in [0.1, 0.15) is 49.9 Å². The fourth-order valence-electron chi connectivity index (χ4n) is 8.84. The lowest BCUT2D eigenvalue weighted by molar-refractivity contribution is 0.630. The summed E-state index contributed by atoms with van der Waals surface area (Å²) in [6.07, 6.45) is 0. The molecule has 0 spiro atoms. The summed E-state index contributed by atoms with van der Waals surface area (Å²) in [6.45, 7) is 9.31. The minimum absolute atomic E-state index is 0.00973. The zero-order chi connectivity index (χ0) is 36.1. The molecule has 8 aromatic rings. The molecule has 0 N–H and O–H groups in total. The Morgan fingerprint density at radius 1 is 0.415 bits per heavy atom. The first kappa shape index (κ1) is 31.4. The van der Waals surface area contributed by atoms with Gasteiger partial charge in [0.15, 0.2) is 0 Å². The standard InChI is InChI=1S/C49H38N2O2/c1-48(2)37-17-9-11-19-41(37)51(42-20-12-10-18-38(42)48)34-24-25-39-44(30-34)50(33-14-6-5-7-15-33)43-26-22-32(29-40(43)49(39,3)4)31-23-27-46-36(28-31)47(52)35-16-8-13-21-45(35)53-46/h5-30H,1-4H3. The van der Waals surface area contributed by atoms with Crippen LogP contribution in [0.2, 0.25) is 0 Å². The average Bonchev–Trinajstić information content (AvgIpc) is 3.18. The highest BCUT2D eigenvalue weighted by atomic mass is 16.3. The van der Waals surface area contributed by atoms with E-state index in [1.807, 2.05) is 36.4 Å². The fourth-order valence-corrected chi connectivity index (χ4v) is 8.84. The molecule has 0 aliphatic carbocycles. The normalized spacial score (nSPS) is 15.1. The van der Waals surface area contributed by atoms with E-state index in [1.165, 1.54) is 33.6 Å². The minimum Gasteiger partial charge on any atom is -0.456 e. The molecular formula is C49H38N2O2. The quantitative estimate of drug-likeness (QED) is 0.173. The minimum atomic E-state index is -0.323. The number of fused-ring (bicyclic) bond motifs is 6. The van der Waals surface area contributed by atoms with Crippen LogP contribution in [0.3, 0.4) is 0 Å². The molecule has 3 heterocycles. The van der Waals surface area contributed by atoms with Crippen LogP contribution in [0.5, 0.6) is 0 Å². The largest absolute Gasteiger partial charge is 0.456 e. The number of hydrogen-bond donors (Lipinski definition) is 0. The topological polar surface area (TPSA) is 36.7 Å². The highest BCUT2D eigenvalue weighted by molar-refractivity contribution is 5.94. The van der Waals surface area contributed by atoms with Gasteiger partial charge in [0.05, 0.1) is 33.5 Å². The van der Waals surface area contributed by atoms with E-state index in [4.69, 9.17) is 4.42 Å².